The molecule has 0 aliphatic carbocycles. The number of hydrogen-bond donors (Lipinski definition) is 2. The third kappa shape index (κ3) is 5.13. The Balaban J connectivity index is 1.39. The van der Waals surface area contributed by atoms with E-state index < -0.39 is 0 Å². The van der Waals surface area contributed by atoms with Gasteiger partial charge < -0.3 is 29.4 Å². The van der Waals surface area contributed by atoms with Crippen molar-refractivity contribution in [3.8, 4) is 11.8 Å². The normalized spacial score (nSPS) is 14.8. The van der Waals surface area contributed by atoms with Gasteiger partial charge in [0, 0.05) is 64.9 Å². The molecule has 5 rings (SSSR count). The van der Waals surface area contributed by atoms with Gasteiger partial charge >= 0.3 is 0 Å². The summed E-state index contributed by atoms with van der Waals surface area (Å²) in [6, 6.07) is 11.8. The van der Waals surface area contributed by atoms with Gasteiger partial charge in [-0.05, 0) is 60.3 Å². The second-order valence-corrected chi connectivity index (χ2v) is 10.2. The molecule has 36 heavy (non-hydrogen) atoms. The zero-order valence-corrected chi connectivity index (χ0v) is 22.3. The third-order valence-corrected chi connectivity index (χ3v) is 7.58. The molecule has 0 spiro atoms. The summed E-state index contributed by atoms with van der Waals surface area (Å²) >= 11 is 2.27. The van der Waals surface area contributed by atoms with Gasteiger partial charge in [-0.2, -0.15) is 5.26 Å². The van der Waals surface area contributed by atoms with E-state index in [1.165, 1.54) is 0 Å². The minimum Gasteiger partial charge on any atom is -0.493 e. The predicted molar refractivity (Wildman–Crippen MR) is 149 cm³/mol. The van der Waals surface area contributed by atoms with Gasteiger partial charge in [0.05, 0.1) is 41.9 Å². The molecule has 0 bridgehead atoms. The fourth-order valence-corrected chi connectivity index (χ4v) is 5.15. The Morgan fingerprint density at radius 2 is 2.03 bits per heavy atom. The molecule has 1 fully saturated rings. The zero-order chi connectivity index (χ0) is 25.1. The fraction of sp³-hybridized carbons (Fsp3) is 0.333. The number of aliphatic hydroxyl groups excluding tert-OH is 1. The molecular formula is C27H28IN5O3. The summed E-state index contributed by atoms with van der Waals surface area (Å²) in [5.74, 6) is 0.620. The minimum atomic E-state index is -0.175. The van der Waals surface area contributed by atoms with Gasteiger partial charge in [0.2, 0.25) is 0 Å². The van der Waals surface area contributed by atoms with Crippen LogP contribution in [0.1, 0.15) is 17.5 Å². The first-order valence-corrected chi connectivity index (χ1v) is 13.1. The smallest absolute Gasteiger partial charge is 0.158 e. The summed E-state index contributed by atoms with van der Waals surface area (Å²) in [4.78, 5) is 9.31. The number of halogens is 1. The van der Waals surface area contributed by atoms with Crippen LogP contribution in [0.3, 0.4) is 0 Å². The maximum absolute atomic E-state index is 10.1. The van der Waals surface area contributed by atoms with Crippen LogP contribution in [0.2, 0.25) is 0 Å². The number of benzene rings is 2. The number of hydrogen-bond acceptors (Lipinski definition) is 8. The first-order chi connectivity index (χ1) is 17.6. The highest BCUT2D eigenvalue weighted by Gasteiger charge is 2.17. The van der Waals surface area contributed by atoms with Crippen molar-refractivity contribution in [3.63, 3.8) is 0 Å². The number of rotatable bonds is 8. The van der Waals surface area contributed by atoms with E-state index in [1.54, 1.807) is 12.5 Å². The Morgan fingerprint density at radius 3 is 2.81 bits per heavy atom. The third-order valence-electron chi connectivity index (χ3n) is 6.64. The van der Waals surface area contributed by atoms with Crippen LogP contribution in [0.25, 0.3) is 21.9 Å². The molecular weight excluding hydrogens is 569 g/mol. The Bertz CT molecular complexity index is 1420. The molecule has 2 N–H and O–H groups in total. The number of pyridine rings is 1. The van der Waals surface area contributed by atoms with E-state index in [0.29, 0.717) is 34.7 Å². The second kappa shape index (κ2) is 11.0. The summed E-state index contributed by atoms with van der Waals surface area (Å²) in [7, 11) is 2.16. The Hall–Kier alpha value is -2.91. The van der Waals surface area contributed by atoms with Crippen LogP contribution in [0.4, 0.5) is 11.4 Å². The largest absolute Gasteiger partial charge is 0.493 e. The molecule has 2 aromatic heterocycles. The molecule has 9 heteroatoms. The van der Waals surface area contributed by atoms with Crippen LogP contribution in [-0.4, -0.2) is 66.3 Å². The molecule has 2 aromatic carbocycles. The molecule has 1 aliphatic heterocycles. The number of anilines is 2. The summed E-state index contributed by atoms with van der Waals surface area (Å²) < 4.78 is 12.9. The topological polar surface area (TPSA) is 97.8 Å². The molecule has 0 radical (unpaired) electrons. The summed E-state index contributed by atoms with van der Waals surface area (Å²) in [6.45, 7) is 5.74. The maximum Gasteiger partial charge on any atom is 0.158 e. The highest BCUT2D eigenvalue weighted by atomic mass is 127. The van der Waals surface area contributed by atoms with Crippen LogP contribution >= 0.6 is 22.6 Å². The molecule has 0 amide bonds. The van der Waals surface area contributed by atoms with Gasteiger partial charge in [-0.25, -0.2) is 0 Å². The van der Waals surface area contributed by atoms with E-state index in [0.717, 1.165) is 64.8 Å². The Labute approximate surface area is 223 Å². The number of likely N-dealkylation sites (N-methyl/N-ethyl adjacent to an activating group) is 1. The molecule has 8 nitrogen and oxygen atoms in total. The van der Waals surface area contributed by atoms with Crippen LogP contribution in [-0.2, 0) is 6.61 Å². The molecule has 1 aliphatic rings. The van der Waals surface area contributed by atoms with E-state index in [4.69, 9.17) is 9.15 Å². The highest BCUT2D eigenvalue weighted by molar-refractivity contribution is 14.1. The van der Waals surface area contributed by atoms with E-state index in [1.807, 2.05) is 30.3 Å². The number of nitrogens with one attached hydrogen (secondary N) is 1. The Kier molecular flexibility index (Phi) is 7.57. The number of ether oxygens (including phenoxy) is 1. The second-order valence-electron chi connectivity index (χ2n) is 9.02. The number of piperazine rings is 1. The van der Waals surface area contributed by atoms with Crippen molar-refractivity contribution in [3.05, 3.63) is 57.5 Å². The summed E-state index contributed by atoms with van der Waals surface area (Å²) in [5, 5.41) is 25.0. The lowest BCUT2D eigenvalue weighted by atomic mass is 10.1. The average Bonchev–Trinajstić information content (AvgIpc) is 3.40. The molecule has 186 valence electrons. The number of aliphatic hydroxyl groups is 1. The fourth-order valence-electron chi connectivity index (χ4n) is 4.54. The van der Waals surface area contributed by atoms with E-state index in [2.05, 4.69) is 55.8 Å². The van der Waals surface area contributed by atoms with Gasteiger partial charge in [-0.3, -0.25) is 4.98 Å². The predicted octanol–water partition coefficient (Wildman–Crippen LogP) is 4.71. The molecule has 3 heterocycles. The standard InChI is InChI=1S/C27H28IN5O3/c1-32-7-9-33(10-8-32)6-2-11-35-25-14-24-21(13-18(25)17-34)26(19(15-29)16-30-24)31-23-4-3-22(28)20-5-12-36-27(20)23/h3-5,12-14,16,34H,2,6-11,17H2,1H3,(H,30,31). The van der Waals surface area contributed by atoms with E-state index >= 15 is 0 Å². The lowest BCUT2D eigenvalue weighted by Gasteiger charge is -2.32. The molecule has 1 saturated heterocycles. The number of furan rings is 1. The van der Waals surface area contributed by atoms with E-state index in [9.17, 15) is 10.4 Å². The molecule has 0 saturated carbocycles. The van der Waals surface area contributed by atoms with Crippen molar-refractivity contribution in [2.24, 2.45) is 0 Å². The van der Waals surface area contributed by atoms with Gasteiger partial charge in [0.15, 0.2) is 5.58 Å². The van der Waals surface area contributed by atoms with Gasteiger partial charge in [0.1, 0.15) is 11.8 Å². The zero-order valence-electron chi connectivity index (χ0n) is 20.1. The molecule has 0 unspecified atom stereocenters. The van der Waals surface area contributed by atoms with Crippen molar-refractivity contribution in [1.29, 1.82) is 5.26 Å². The lowest BCUT2D eigenvalue weighted by Crippen LogP contribution is -2.44. The molecule has 0 atom stereocenters. The van der Waals surface area contributed by atoms with Crippen molar-refractivity contribution in [2.75, 3.05) is 51.7 Å². The first kappa shape index (κ1) is 24.8. The van der Waals surface area contributed by atoms with E-state index in [-0.39, 0.29) is 6.61 Å². The lowest BCUT2D eigenvalue weighted by molar-refractivity contribution is 0.145. The summed E-state index contributed by atoms with van der Waals surface area (Å²) in [5.41, 5.74) is 3.85. The number of aromatic nitrogens is 1. The maximum atomic E-state index is 10.1. The van der Waals surface area contributed by atoms with Crippen molar-refractivity contribution in [2.45, 2.75) is 13.0 Å². The minimum absolute atomic E-state index is 0.175. The molecule has 4 aromatic rings. The number of fused-ring (bicyclic) bond motifs is 2. The van der Waals surface area contributed by atoms with Gasteiger partial charge in [-0.15, -0.1) is 0 Å². The van der Waals surface area contributed by atoms with Crippen molar-refractivity contribution in [1.82, 2.24) is 14.8 Å². The Morgan fingerprint density at radius 1 is 1.19 bits per heavy atom. The first-order valence-electron chi connectivity index (χ1n) is 12.0. The van der Waals surface area contributed by atoms with Crippen LogP contribution in [0.5, 0.6) is 5.75 Å². The van der Waals surface area contributed by atoms with Gasteiger partial charge in [0.25, 0.3) is 0 Å². The van der Waals surface area contributed by atoms with Crippen LogP contribution in [0, 0.1) is 14.9 Å². The quantitative estimate of drug-likeness (QED) is 0.223. The number of nitrogens with zero attached hydrogens (tertiary/aromatic N) is 4. The highest BCUT2D eigenvalue weighted by Crippen LogP contribution is 2.36. The van der Waals surface area contributed by atoms with Crippen molar-refractivity contribution >= 4 is 55.8 Å². The average molecular weight is 597 g/mol. The summed E-state index contributed by atoms with van der Waals surface area (Å²) in [6.07, 6.45) is 4.13. The monoisotopic (exact) mass is 597 g/mol. The van der Waals surface area contributed by atoms with Crippen LogP contribution in [0.15, 0.2) is 47.2 Å². The van der Waals surface area contributed by atoms with Gasteiger partial charge in [-0.1, -0.05) is 0 Å². The SMILES string of the molecule is CN1CCN(CCCOc2cc3ncc(C#N)c(Nc4ccc(I)c5ccoc45)c3cc2CO)CC1. The van der Waals surface area contributed by atoms with Crippen LogP contribution < -0.4 is 10.1 Å². The van der Waals surface area contributed by atoms with Crippen molar-refractivity contribution < 1.29 is 14.3 Å². The number of nitriles is 1.